The molecule has 0 bridgehead atoms. The van der Waals surface area contributed by atoms with Gasteiger partial charge >= 0.3 is 0 Å². The minimum absolute atomic E-state index is 0.0126. The van der Waals surface area contributed by atoms with Gasteiger partial charge in [-0.2, -0.15) is 5.10 Å². The van der Waals surface area contributed by atoms with Crippen LogP contribution in [0.1, 0.15) is 24.1 Å². The molecule has 0 amide bonds. The van der Waals surface area contributed by atoms with Crippen LogP contribution in [0.3, 0.4) is 0 Å². The van der Waals surface area contributed by atoms with Crippen LogP contribution >= 0.6 is 0 Å². The van der Waals surface area contributed by atoms with Crippen LogP contribution in [-0.2, 0) is 5.41 Å². The maximum absolute atomic E-state index is 6.09. The molecule has 1 aromatic carbocycles. The van der Waals surface area contributed by atoms with Gasteiger partial charge in [0.1, 0.15) is 0 Å². The van der Waals surface area contributed by atoms with Crippen molar-refractivity contribution >= 4 is 5.82 Å². The van der Waals surface area contributed by atoms with Crippen LogP contribution in [0.25, 0.3) is 11.3 Å². The minimum Gasteiger partial charge on any atom is -0.382 e. The summed E-state index contributed by atoms with van der Waals surface area (Å²) in [5.74, 6) is 0.519. The Morgan fingerprint density at radius 2 is 1.76 bits per heavy atom. The Bertz CT molecular complexity index is 758. The monoisotopic (exact) mass is 276 g/mol. The van der Waals surface area contributed by atoms with Crippen molar-refractivity contribution in [1.29, 1.82) is 0 Å². The molecule has 104 valence electrons. The number of H-pyrrole nitrogens is 1. The number of aromatic amines is 1. The standard InChI is InChI=1S/C17H16N4/c18-16-14(13-8-4-5-11-19-13)15(20-21-16)17(9-10-17)12-6-2-1-3-7-12/h1-8,11H,9-10H2,(H3,18,20,21). The van der Waals surface area contributed by atoms with Crippen LogP contribution in [0.15, 0.2) is 54.7 Å². The van der Waals surface area contributed by atoms with E-state index in [1.165, 1.54) is 5.56 Å². The number of nitrogens with two attached hydrogens (primary N) is 1. The molecule has 4 nitrogen and oxygen atoms in total. The van der Waals surface area contributed by atoms with Crippen molar-refractivity contribution in [2.45, 2.75) is 18.3 Å². The molecule has 1 saturated carbocycles. The number of nitrogen functional groups attached to an aromatic ring is 1. The zero-order chi connectivity index (χ0) is 14.3. The third kappa shape index (κ3) is 1.83. The van der Waals surface area contributed by atoms with E-state index in [1.807, 2.05) is 24.3 Å². The first kappa shape index (κ1) is 12.1. The van der Waals surface area contributed by atoms with Crippen LogP contribution < -0.4 is 5.73 Å². The summed E-state index contributed by atoms with van der Waals surface area (Å²) in [5.41, 5.74) is 10.3. The zero-order valence-electron chi connectivity index (χ0n) is 11.6. The highest BCUT2D eigenvalue weighted by Crippen LogP contribution is 2.55. The molecule has 0 unspecified atom stereocenters. The number of rotatable bonds is 3. The first-order valence-electron chi connectivity index (χ1n) is 7.12. The fourth-order valence-corrected chi connectivity index (χ4v) is 3.04. The van der Waals surface area contributed by atoms with E-state index in [2.05, 4.69) is 39.4 Å². The predicted octanol–water partition coefficient (Wildman–Crippen LogP) is 3.13. The summed E-state index contributed by atoms with van der Waals surface area (Å²) in [6.07, 6.45) is 4.00. The average Bonchev–Trinajstić information content (AvgIpc) is 3.26. The third-order valence-electron chi connectivity index (χ3n) is 4.27. The smallest absolute Gasteiger partial charge is 0.155 e. The Labute approximate surface area is 123 Å². The van der Waals surface area contributed by atoms with Gasteiger partial charge in [0.2, 0.25) is 0 Å². The van der Waals surface area contributed by atoms with Crippen molar-refractivity contribution < 1.29 is 0 Å². The van der Waals surface area contributed by atoms with Crippen molar-refractivity contribution in [3.8, 4) is 11.3 Å². The van der Waals surface area contributed by atoms with Gasteiger partial charge in [-0.25, -0.2) is 0 Å². The molecule has 0 spiro atoms. The van der Waals surface area contributed by atoms with E-state index in [0.717, 1.165) is 29.8 Å². The number of pyridine rings is 1. The van der Waals surface area contributed by atoms with Gasteiger partial charge in [0.25, 0.3) is 0 Å². The van der Waals surface area contributed by atoms with E-state index in [1.54, 1.807) is 6.20 Å². The molecule has 0 saturated heterocycles. The molecule has 4 heteroatoms. The fourth-order valence-electron chi connectivity index (χ4n) is 3.04. The third-order valence-corrected chi connectivity index (χ3v) is 4.27. The van der Waals surface area contributed by atoms with Crippen LogP contribution in [0.2, 0.25) is 0 Å². The summed E-state index contributed by atoms with van der Waals surface area (Å²) in [4.78, 5) is 4.44. The number of nitrogens with one attached hydrogen (secondary N) is 1. The quantitative estimate of drug-likeness (QED) is 0.772. The molecular weight excluding hydrogens is 260 g/mol. The maximum atomic E-state index is 6.09. The highest BCUT2D eigenvalue weighted by Gasteiger charge is 2.49. The molecular formula is C17H16N4. The predicted molar refractivity (Wildman–Crippen MR) is 82.7 cm³/mol. The molecule has 2 heterocycles. The van der Waals surface area contributed by atoms with E-state index in [0.29, 0.717) is 5.82 Å². The summed E-state index contributed by atoms with van der Waals surface area (Å²) in [6, 6.07) is 16.4. The average molecular weight is 276 g/mol. The normalized spacial score (nSPS) is 15.8. The summed E-state index contributed by atoms with van der Waals surface area (Å²) >= 11 is 0. The maximum Gasteiger partial charge on any atom is 0.155 e. The van der Waals surface area contributed by atoms with Gasteiger partial charge in [0.15, 0.2) is 5.82 Å². The number of nitrogens with zero attached hydrogens (tertiary/aromatic N) is 2. The second-order valence-corrected chi connectivity index (χ2v) is 5.52. The largest absolute Gasteiger partial charge is 0.382 e. The lowest BCUT2D eigenvalue weighted by atomic mass is 9.89. The SMILES string of the molecule is Nc1n[nH]c(C2(c3ccccc3)CC2)c1-c1ccccn1. The molecule has 2 aromatic heterocycles. The summed E-state index contributed by atoms with van der Waals surface area (Å²) in [5, 5.41) is 7.40. The van der Waals surface area contributed by atoms with Crippen LogP contribution in [-0.4, -0.2) is 15.2 Å². The Balaban J connectivity index is 1.88. The number of anilines is 1. The molecule has 4 rings (SSSR count). The van der Waals surface area contributed by atoms with Gasteiger partial charge in [-0.05, 0) is 30.5 Å². The Morgan fingerprint density at radius 3 is 2.43 bits per heavy atom. The molecule has 3 N–H and O–H groups in total. The van der Waals surface area contributed by atoms with E-state index in [-0.39, 0.29) is 5.41 Å². The van der Waals surface area contributed by atoms with E-state index in [9.17, 15) is 0 Å². The molecule has 1 aliphatic carbocycles. The van der Waals surface area contributed by atoms with Gasteiger partial charge in [-0.15, -0.1) is 0 Å². The topological polar surface area (TPSA) is 67.6 Å². The van der Waals surface area contributed by atoms with Gasteiger partial charge < -0.3 is 5.73 Å². The molecule has 21 heavy (non-hydrogen) atoms. The minimum atomic E-state index is 0.0126. The van der Waals surface area contributed by atoms with Gasteiger partial charge in [0.05, 0.1) is 17.0 Å². The molecule has 0 aliphatic heterocycles. The van der Waals surface area contributed by atoms with Gasteiger partial charge in [0, 0.05) is 11.6 Å². The molecule has 1 aliphatic rings. The highest BCUT2D eigenvalue weighted by atomic mass is 15.2. The Morgan fingerprint density at radius 1 is 1.00 bits per heavy atom. The van der Waals surface area contributed by atoms with Crippen LogP contribution in [0.4, 0.5) is 5.82 Å². The van der Waals surface area contributed by atoms with Crippen LogP contribution in [0.5, 0.6) is 0 Å². The van der Waals surface area contributed by atoms with Crippen molar-refractivity contribution in [1.82, 2.24) is 15.2 Å². The van der Waals surface area contributed by atoms with Crippen LogP contribution in [0, 0.1) is 0 Å². The first-order chi connectivity index (χ1) is 10.3. The van der Waals surface area contributed by atoms with E-state index >= 15 is 0 Å². The second-order valence-electron chi connectivity index (χ2n) is 5.52. The Kier molecular flexibility index (Phi) is 2.57. The number of benzene rings is 1. The molecule has 1 fully saturated rings. The van der Waals surface area contributed by atoms with Crippen molar-refractivity contribution in [2.24, 2.45) is 0 Å². The lowest BCUT2D eigenvalue weighted by Crippen LogP contribution is -2.11. The highest BCUT2D eigenvalue weighted by molar-refractivity contribution is 5.76. The Hall–Kier alpha value is -2.62. The lowest BCUT2D eigenvalue weighted by Gasteiger charge is -2.16. The molecule has 3 aromatic rings. The van der Waals surface area contributed by atoms with Crippen molar-refractivity contribution in [2.75, 3.05) is 5.73 Å². The fraction of sp³-hybridized carbons (Fsp3) is 0.176. The van der Waals surface area contributed by atoms with E-state index in [4.69, 9.17) is 5.73 Å². The number of hydrogen-bond donors (Lipinski definition) is 2. The van der Waals surface area contributed by atoms with Crippen molar-refractivity contribution in [3.63, 3.8) is 0 Å². The molecule has 0 radical (unpaired) electrons. The van der Waals surface area contributed by atoms with Crippen molar-refractivity contribution in [3.05, 3.63) is 66.0 Å². The number of hydrogen-bond acceptors (Lipinski definition) is 3. The number of aromatic nitrogens is 3. The zero-order valence-corrected chi connectivity index (χ0v) is 11.6. The molecule has 0 atom stereocenters. The summed E-state index contributed by atoms with van der Waals surface area (Å²) < 4.78 is 0. The van der Waals surface area contributed by atoms with Gasteiger partial charge in [-0.3, -0.25) is 10.1 Å². The van der Waals surface area contributed by atoms with E-state index < -0.39 is 0 Å². The first-order valence-corrected chi connectivity index (χ1v) is 7.12. The summed E-state index contributed by atoms with van der Waals surface area (Å²) in [7, 11) is 0. The lowest BCUT2D eigenvalue weighted by molar-refractivity contribution is 0.793. The van der Waals surface area contributed by atoms with Gasteiger partial charge in [-0.1, -0.05) is 36.4 Å². The summed E-state index contributed by atoms with van der Waals surface area (Å²) in [6.45, 7) is 0. The second kappa shape index (κ2) is 4.45.